The second kappa shape index (κ2) is 13.4. The lowest BCUT2D eigenvalue weighted by Crippen LogP contribution is -2.58. The zero-order valence-electron chi connectivity index (χ0n) is 27.4. The molecular weight excluding hydrogens is 582 g/mol. The predicted octanol–water partition coefficient (Wildman–Crippen LogP) is 7.29. The number of methoxy groups -OCH3 is 1. The molecule has 5 aromatic rings. The van der Waals surface area contributed by atoms with E-state index >= 15 is 4.79 Å². The Labute approximate surface area is 277 Å². The summed E-state index contributed by atoms with van der Waals surface area (Å²) in [5.74, 6) is -0.506. The van der Waals surface area contributed by atoms with E-state index in [1.165, 1.54) is 7.11 Å². The predicted molar refractivity (Wildman–Crippen MR) is 188 cm³/mol. The highest BCUT2D eigenvalue weighted by molar-refractivity contribution is 5.90. The van der Waals surface area contributed by atoms with Crippen molar-refractivity contribution in [2.75, 3.05) is 13.7 Å². The molecule has 0 aliphatic carbocycles. The molecule has 1 aliphatic heterocycles. The molecule has 2 atom stereocenters. The molecule has 0 saturated carbocycles. The van der Waals surface area contributed by atoms with E-state index in [0.717, 1.165) is 45.3 Å². The molecule has 1 amide bonds. The first kappa shape index (κ1) is 32.0. The topological polar surface area (TPSA) is 74.4 Å². The molecule has 6 heteroatoms. The van der Waals surface area contributed by atoms with Crippen LogP contribution < -0.4 is 5.32 Å². The molecule has 1 aromatic heterocycles. The molecule has 1 aliphatic rings. The van der Waals surface area contributed by atoms with Crippen molar-refractivity contribution in [1.29, 1.82) is 0 Å². The first-order chi connectivity index (χ1) is 22.8. The van der Waals surface area contributed by atoms with Gasteiger partial charge in [-0.2, -0.15) is 0 Å². The van der Waals surface area contributed by atoms with Gasteiger partial charge in [0.05, 0.1) is 18.7 Å². The highest BCUT2D eigenvalue weighted by Gasteiger charge is 2.44. The number of esters is 1. The number of allylic oxidation sites excluding steroid dienone is 1. The van der Waals surface area contributed by atoms with E-state index in [4.69, 9.17) is 4.74 Å². The van der Waals surface area contributed by atoms with Crippen LogP contribution in [0.1, 0.15) is 54.6 Å². The number of fused-ring (bicyclic) bond motifs is 1. The molecule has 1 saturated heterocycles. The van der Waals surface area contributed by atoms with E-state index in [1.807, 2.05) is 72.8 Å². The number of hydrogen-bond acceptors (Lipinski definition) is 4. The number of amides is 1. The summed E-state index contributed by atoms with van der Waals surface area (Å²) in [6, 6.07) is 37.8. The van der Waals surface area contributed by atoms with E-state index in [9.17, 15) is 4.79 Å². The van der Waals surface area contributed by atoms with Crippen molar-refractivity contribution < 1.29 is 14.3 Å². The van der Waals surface area contributed by atoms with Gasteiger partial charge in [-0.15, -0.1) is 6.58 Å². The van der Waals surface area contributed by atoms with E-state index in [1.54, 1.807) is 4.90 Å². The number of para-hydroxylation sites is 1. The van der Waals surface area contributed by atoms with Crippen LogP contribution in [0.15, 0.2) is 128 Å². The monoisotopic (exact) mass is 625 g/mol. The van der Waals surface area contributed by atoms with Crippen molar-refractivity contribution in [3.8, 4) is 0 Å². The van der Waals surface area contributed by atoms with Crippen LogP contribution >= 0.6 is 0 Å². The standard InChI is InChI=1S/C41H43N3O3/c1-5-40(2,3)37-33(32-24-15-16-25-34(32)42-37)28-35(38(45)44-27-17-26-36(44)39(46)47-4)43-41(29-18-9-6-10-19-29,30-20-11-7-12-21-30)31-22-13-8-14-23-31/h5-16,18-25,35-36,42-43H,1,17,26-28H2,2-4H3/t35-,36-/m0/s1. The number of H-pyrrole nitrogens is 1. The van der Waals surface area contributed by atoms with Crippen molar-refractivity contribution in [1.82, 2.24) is 15.2 Å². The Bertz CT molecular complexity index is 1750. The van der Waals surface area contributed by atoms with Crippen molar-refractivity contribution in [3.05, 3.63) is 156 Å². The summed E-state index contributed by atoms with van der Waals surface area (Å²) in [5, 5.41) is 5.05. The van der Waals surface area contributed by atoms with E-state index in [-0.39, 0.29) is 17.3 Å². The molecule has 6 nitrogen and oxygen atoms in total. The Morgan fingerprint density at radius 2 is 1.43 bits per heavy atom. The van der Waals surface area contributed by atoms with Crippen molar-refractivity contribution in [3.63, 3.8) is 0 Å². The minimum Gasteiger partial charge on any atom is -0.467 e. The number of benzene rings is 4. The van der Waals surface area contributed by atoms with Gasteiger partial charge in [0.25, 0.3) is 0 Å². The number of likely N-dealkylation sites (tertiary alicyclic amines) is 1. The number of aromatic nitrogens is 1. The quantitative estimate of drug-likeness (QED) is 0.0919. The summed E-state index contributed by atoms with van der Waals surface area (Å²) in [7, 11) is 1.39. The number of carbonyl (C=O) groups excluding carboxylic acids is 2. The Hall–Kier alpha value is -4.94. The summed E-state index contributed by atoms with van der Waals surface area (Å²) < 4.78 is 5.18. The molecule has 4 aromatic carbocycles. The van der Waals surface area contributed by atoms with Gasteiger partial charge in [0.15, 0.2) is 0 Å². The van der Waals surface area contributed by atoms with Gasteiger partial charge in [-0.25, -0.2) is 4.79 Å². The summed E-state index contributed by atoms with van der Waals surface area (Å²) >= 11 is 0. The first-order valence-electron chi connectivity index (χ1n) is 16.4. The van der Waals surface area contributed by atoms with Crippen molar-refractivity contribution in [2.24, 2.45) is 0 Å². The zero-order valence-corrected chi connectivity index (χ0v) is 27.4. The van der Waals surface area contributed by atoms with Gasteiger partial charge in [-0.3, -0.25) is 10.1 Å². The molecular formula is C41H43N3O3. The molecule has 0 bridgehead atoms. The third-order valence-electron chi connectivity index (χ3n) is 9.69. The van der Waals surface area contributed by atoms with Crippen LogP contribution in [-0.4, -0.2) is 47.5 Å². The number of rotatable bonds is 11. The molecule has 6 rings (SSSR count). The summed E-state index contributed by atoms with van der Waals surface area (Å²) in [6.45, 7) is 8.91. The van der Waals surface area contributed by atoms with E-state index in [2.05, 4.69) is 79.3 Å². The second-order valence-electron chi connectivity index (χ2n) is 12.9. The normalized spacial score (nSPS) is 15.8. The van der Waals surface area contributed by atoms with E-state index in [0.29, 0.717) is 19.4 Å². The number of ether oxygens (including phenoxy) is 1. The lowest BCUT2D eigenvalue weighted by Gasteiger charge is -2.41. The maximum absolute atomic E-state index is 15.1. The van der Waals surface area contributed by atoms with Crippen LogP contribution in [0.5, 0.6) is 0 Å². The van der Waals surface area contributed by atoms with Crippen LogP contribution in [0.3, 0.4) is 0 Å². The number of carbonyl (C=O) groups is 2. The Kier molecular flexibility index (Phi) is 9.15. The zero-order chi connectivity index (χ0) is 33.0. The van der Waals surface area contributed by atoms with Gasteiger partial charge in [0.1, 0.15) is 6.04 Å². The van der Waals surface area contributed by atoms with Gasteiger partial charge in [-0.05, 0) is 47.6 Å². The van der Waals surface area contributed by atoms with Crippen LogP contribution in [0.25, 0.3) is 10.9 Å². The SMILES string of the molecule is C=CC(C)(C)c1[nH]c2ccccc2c1C[C@H](NC(c1ccccc1)(c1ccccc1)c1ccccc1)C(=O)N1CCC[C@H]1C(=O)OC. The molecule has 0 spiro atoms. The number of nitrogens with zero attached hydrogens (tertiary/aromatic N) is 1. The minimum absolute atomic E-state index is 0.127. The number of aromatic amines is 1. The first-order valence-corrected chi connectivity index (χ1v) is 16.4. The van der Waals surface area contributed by atoms with Gasteiger partial charge in [-0.1, -0.05) is 129 Å². The van der Waals surface area contributed by atoms with E-state index < -0.39 is 17.6 Å². The molecule has 240 valence electrons. The Morgan fingerprint density at radius 3 is 1.96 bits per heavy atom. The maximum Gasteiger partial charge on any atom is 0.328 e. The maximum atomic E-state index is 15.1. The highest BCUT2D eigenvalue weighted by atomic mass is 16.5. The molecule has 0 unspecified atom stereocenters. The van der Waals surface area contributed by atoms with Gasteiger partial charge in [0.2, 0.25) is 5.91 Å². The largest absolute Gasteiger partial charge is 0.467 e. The molecule has 2 N–H and O–H groups in total. The average molecular weight is 626 g/mol. The van der Waals surface area contributed by atoms with Gasteiger partial charge < -0.3 is 14.6 Å². The van der Waals surface area contributed by atoms with Crippen molar-refractivity contribution >= 4 is 22.8 Å². The third kappa shape index (κ3) is 6.01. The summed E-state index contributed by atoms with van der Waals surface area (Å²) in [5.41, 5.74) is 4.81. The van der Waals surface area contributed by atoms with Crippen molar-refractivity contribution in [2.45, 2.75) is 56.1 Å². The lowest BCUT2D eigenvalue weighted by molar-refractivity contribution is -0.151. The molecule has 1 fully saturated rings. The second-order valence-corrected chi connectivity index (χ2v) is 12.9. The third-order valence-corrected chi connectivity index (χ3v) is 9.69. The van der Waals surface area contributed by atoms with Crippen LogP contribution in [0.2, 0.25) is 0 Å². The average Bonchev–Trinajstić information content (AvgIpc) is 3.77. The summed E-state index contributed by atoms with van der Waals surface area (Å²) in [6.07, 6.45) is 3.64. The molecule has 47 heavy (non-hydrogen) atoms. The highest BCUT2D eigenvalue weighted by Crippen LogP contribution is 2.39. The Balaban J connectivity index is 1.59. The fourth-order valence-corrected chi connectivity index (χ4v) is 7.16. The Morgan fingerprint density at radius 1 is 0.894 bits per heavy atom. The lowest BCUT2D eigenvalue weighted by atomic mass is 9.76. The number of hydrogen-bond donors (Lipinski definition) is 2. The molecule has 2 heterocycles. The van der Waals surface area contributed by atoms with Crippen LogP contribution in [-0.2, 0) is 31.7 Å². The van der Waals surface area contributed by atoms with Gasteiger partial charge >= 0.3 is 5.97 Å². The smallest absolute Gasteiger partial charge is 0.328 e. The number of nitrogens with one attached hydrogen (secondary N) is 2. The van der Waals surface area contributed by atoms with Crippen LogP contribution in [0.4, 0.5) is 0 Å². The molecule has 0 radical (unpaired) electrons. The minimum atomic E-state index is -0.898. The van der Waals surface area contributed by atoms with Gasteiger partial charge in [0, 0.05) is 28.6 Å². The summed E-state index contributed by atoms with van der Waals surface area (Å²) in [4.78, 5) is 33.4. The van der Waals surface area contributed by atoms with Crippen LogP contribution in [0, 0.1) is 0 Å². The fourth-order valence-electron chi connectivity index (χ4n) is 7.16. The fraction of sp³-hybridized carbons (Fsp3) is 0.268.